The van der Waals surface area contributed by atoms with Gasteiger partial charge in [-0.1, -0.05) is 35.3 Å². The first-order valence-corrected chi connectivity index (χ1v) is 7.53. The van der Waals surface area contributed by atoms with Crippen molar-refractivity contribution in [2.45, 2.75) is 0 Å². The Labute approximate surface area is 130 Å². The fourth-order valence-corrected chi connectivity index (χ4v) is 3.30. The number of anilines is 1. The van der Waals surface area contributed by atoms with Gasteiger partial charge in [0.15, 0.2) is 0 Å². The van der Waals surface area contributed by atoms with Gasteiger partial charge in [0, 0.05) is 17.6 Å². The van der Waals surface area contributed by atoms with Gasteiger partial charge >= 0.3 is 0 Å². The van der Waals surface area contributed by atoms with Crippen molar-refractivity contribution in [1.82, 2.24) is 9.78 Å². The highest BCUT2D eigenvalue weighted by Gasteiger charge is 2.20. The Kier molecular flexibility index (Phi) is 3.46. The number of benzene rings is 1. The maximum atomic E-state index is 6.31. The summed E-state index contributed by atoms with van der Waals surface area (Å²) in [6, 6.07) is 9.38. The Morgan fingerprint density at radius 2 is 2.05 bits per heavy atom. The number of nitrogens with two attached hydrogens (primary N) is 1. The molecule has 2 heterocycles. The van der Waals surface area contributed by atoms with Gasteiger partial charge in [-0.25, -0.2) is 0 Å². The SMILES string of the molecule is Cn1nc(-c2cccs2)c(-c2ccc(Cl)cc2Cl)c1N. The molecule has 2 N–H and O–H groups in total. The van der Waals surface area contributed by atoms with E-state index >= 15 is 0 Å². The van der Waals surface area contributed by atoms with Crippen LogP contribution >= 0.6 is 34.5 Å². The smallest absolute Gasteiger partial charge is 0.130 e. The van der Waals surface area contributed by atoms with Crippen LogP contribution < -0.4 is 5.73 Å². The predicted molar refractivity (Wildman–Crippen MR) is 86.4 cm³/mol. The first-order chi connectivity index (χ1) is 9.58. The van der Waals surface area contributed by atoms with Crippen LogP contribution in [0.4, 0.5) is 5.82 Å². The van der Waals surface area contributed by atoms with Crippen LogP contribution in [-0.4, -0.2) is 9.78 Å². The number of nitrogen functional groups attached to an aromatic ring is 1. The molecule has 0 aliphatic rings. The summed E-state index contributed by atoms with van der Waals surface area (Å²) in [5.41, 5.74) is 8.68. The summed E-state index contributed by atoms with van der Waals surface area (Å²) in [7, 11) is 1.82. The van der Waals surface area contributed by atoms with Gasteiger partial charge in [0.25, 0.3) is 0 Å². The van der Waals surface area contributed by atoms with E-state index in [2.05, 4.69) is 5.10 Å². The molecular formula is C14H11Cl2N3S. The van der Waals surface area contributed by atoms with E-state index in [4.69, 9.17) is 28.9 Å². The Bertz CT molecular complexity index is 763. The molecule has 0 bridgehead atoms. The number of nitrogens with zero attached hydrogens (tertiary/aromatic N) is 2. The third-order valence-electron chi connectivity index (χ3n) is 3.05. The van der Waals surface area contributed by atoms with Crippen LogP contribution in [0.15, 0.2) is 35.7 Å². The molecule has 0 saturated heterocycles. The first-order valence-electron chi connectivity index (χ1n) is 5.89. The van der Waals surface area contributed by atoms with Crippen molar-refractivity contribution in [3.8, 4) is 21.7 Å². The van der Waals surface area contributed by atoms with E-state index in [-0.39, 0.29) is 0 Å². The second-order valence-electron chi connectivity index (χ2n) is 4.33. The molecule has 3 rings (SSSR count). The van der Waals surface area contributed by atoms with Crippen LogP contribution in [0.3, 0.4) is 0 Å². The van der Waals surface area contributed by atoms with Gasteiger partial charge in [0.2, 0.25) is 0 Å². The van der Waals surface area contributed by atoms with E-state index in [9.17, 15) is 0 Å². The second kappa shape index (κ2) is 5.13. The average molecular weight is 324 g/mol. The monoisotopic (exact) mass is 323 g/mol. The zero-order chi connectivity index (χ0) is 14.3. The third kappa shape index (κ3) is 2.20. The van der Waals surface area contributed by atoms with E-state index < -0.39 is 0 Å². The predicted octanol–water partition coefficient (Wildman–Crippen LogP) is 4.70. The van der Waals surface area contributed by atoms with Crippen molar-refractivity contribution in [3.05, 3.63) is 45.8 Å². The Hall–Kier alpha value is -1.49. The molecule has 0 amide bonds. The molecular weight excluding hydrogens is 313 g/mol. The highest BCUT2D eigenvalue weighted by Crippen LogP contribution is 2.41. The van der Waals surface area contributed by atoms with E-state index in [0.29, 0.717) is 15.9 Å². The Balaban J connectivity index is 2.28. The molecule has 0 saturated carbocycles. The normalized spacial score (nSPS) is 10.9. The molecule has 0 unspecified atom stereocenters. The standard InChI is InChI=1S/C14H11Cl2N3S/c1-19-14(17)12(9-5-4-8(15)7-10(9)16)13(18-19)11-3-2-6-20-11/h2-7H,17H2,1H3. The lowest BCUT2D eigenvalue weighted by Crippen LogP contribution is -1.98. The molecule has 3 nitrogen and oxygen atoms in total. The molecule has 3 aromatic rings. The summed E-state index contributed by atoms with van der Waals surface area (Å²) < 4.78 is 1.66. The number of rotatable bonds is 2. The van der Waals surface area contributed by atoms with Crippen molar-refractivity contribution in [1.29, 1.82) is 0 Å². The van der Waals surface area contributed by atoms with Crippen molar-refractivity contribution in [3.63, 3.8) is 0 Å². The summed E-state index contributed by atoms with van der Waals surface area (Å²) >= 11 is 13.9. The molecule has 0 aliphatic heterocycles. The van der Waals surface area contributed by atoms with Crippen molar-refractivity contribution >= 4 is 40.4 Å². The van der Waals surface area contributed by atoms with Gasteiger partial charge in [-0.2, -0.15) is 5.10 Å². The molecule has 0 radical (unpaired) electrons. The Morgan fingerprint density at radius 3 is 2.70 bits per heavy atom. The van der Waals surface area contributed by atoms with Gasteiger partial charge in [-0.05, 0) is 23.6 Å². The highest BCUT2D eigenvalue weighted by molar-refractivity contribution is 7.13. The lowest BCUT2D eigenvalue weighted by molar-refractivity contribution is 0.783. The van der Waals surface area contributed by atoms with Gasteiger partial charge in [0.05, 0.1) is 15.5 Å². The number of hydrogen-bond donors (Lipinski definition) is 1. The number of halogens is 2. The van der Waals surface area contributed by atoms with Crippen LogP contribution in [0, 0.1) is 0 Å². The summed E-state index contributed by atoms with van der Waals surface area (Å²) in [5.74, 6) is 0.581. The molecule has 2 aromatic heterocycles. The van der Waals surface area contributed by atoms with Crippen molar-refractivity contribution < 1.29 is 0 Å². The molecule has 0 fully saturated rings. The van der Waals surface area contributed by atoms with Crippen LogP contribution in [0.5, 0.6) is 0 Å². The molecule has 1 aromatic carbocycles. The average Bonchev–Trinajstić information content (AvgIpc) is 3.01. The van der Waals surface area contributed by atoms with Crippen LogP contribution in [0.25, 0.3) is 21.7 Å². The van der Waals surface area contributed by atoms with Gasteiger partial charge in [-0.3, -0.25) is 4.68 Å². The topological polar surface area (TPSA) is 43.8 Å². The second-order valence-corrected chi connectivity index (χ2v) is 6.13. The van der Waals surface area contributed by atoms with Crippen molar-refractivity contribution in [2.24, 2.45) is 7.05 Å². The summed E-state index contributed by atoms with van der Waals surface area (Å²) in [4.78, 5) is 1.05. The molecule has 102 valence electrons. The van der Waals surface area contributed by atoms with E-state index in [1.54, 1.807) is 28.2 Å². The first kappa shape index (κ1) is 13.5. The van der Waals surface area contributed by atoms with Gasteiger partial charge in [0.1, 0.15) is 11.5 Å². The minimum atomic E-state index is 0.565. The zero-order valence-corrected chi connectivity index (χ0v) is 12.9. The summed E-state index contributed by atoms with van der Waals surface area (Å²) in [6.45, 7) is 0. The molecule has 0 aliphatic carbocycles. The molecule has 6 heteroatoms. The van der Waals surface area contributed by atoms with Crippen LogP contribution in [0.2, 0.25) is 10.0 Å². The van der Waals surface area contributed by atoms with E-state index in [1.165, 1.54) is 0 Å². The van der Waals surface area contributed by atoms with Gasteiger partial charge in [-0.15, -0.1) is 11.3 Å². The summed E-state index contributed by atoms with van der Waals surface area (Å²) in [6.07, 6.45) is 0. The minimum Gasteiger partial charge on any atom is -0.383 e. The third-order valence-corrected chi connectivity index (χ3v) is 4.47. The number of aromatic nitrogens is 2. The fourth-order valence-electron chi connectivity index (χ4n) is 2.08. The molecule has 0 spiro atoms. The fraction of sp³-hybridized carbons (Fsp3) is 0.0714. The van der Waals surface area contributed by atoms with E-state index in [0.717, 1.165) is 21.7 Å². The molecule has 0 atom stereocenters. The summed E-state index contributed by atoms with van der Waals surface area (Å²) in [5, 5.41) is 7.67. The maximum Gasteiger partial charge on any atom is 0.130 e. The highest BCUT2D eigenvalue weighted by atomic mass is 35.5. The zero-order valence-electron chi connectivity index (χ0n) is 10.6. The van der Waals surface area contributed by atoms with Gasteiger partial charge < -0.3 is 5.73 Å². The lowest BCUT2D eigenvalue weighted by Gasteiger charge is -2.06. The number of aryl methyl sites for hydroxylation is 1. The number of thiophene rings is 1. The van der Waals surface area contributed by atoms with Crippen LogP contribution in [0.1, 0.15) is 0 Å². The quantitative estimate of drug-likeness (QED) is 0.742. The molecule has 20 heavy (non-hydrogen) atoms. The van der Waals surface area contributed by atoms with Crippen LogP contribution in [-0.2, 0) is 7.05 Å². The lowest BCUT2D eigenvalue weighted by atomic mass is 10.0. The van der Waals surface area contributed by atoms with Crippen molar-refractivity contribution in [2.75, 3.05) is 5.73 Å². The Morgan fingerprint density at radius 1 is 1.25 bits per heavy atom. The largest absolute Gasteiger partial charge is 0.383 e. The number of hydrogen-bond acceptors (Lipinski definition) is 3. The maximum absolute atomic E-state index is 6.31. The van der Waals surface area contributed by atoms with E-state index in [1.807, 2.05) is 30.6 Å². The minimum absolute atomic E-state index is 0.565.